The second-order valence-corrected chi connectivity index (χ2v) is 3.72. The lowest BCUT2D eigenvalue weighted by molar-refractivity contribution is 0.774. The van der Waals surface area contributed by atoms with Crippen LogP contribution < -0.4 is 5.73 Å². The molecule has 0 fully saturated rings. The largest absolute Gasteiger partial charge is 0.325 e. The Balaban J connectivity index is 2.54. The van der Waals surface area contributed by atoms with Crippen molar-refractivity contribution >= 4 is 0 Å². The van der Waals surface area contributed by atoms with Crippen LogP contribution in [-0.4, -0.2) is 15.0 Å². The normalized spacial score (nSPS) is 10.7. The molecule has 1 aromatic carbocycles. The van der Waals surface area contributed by atoms with Crippen LogP contribution in [0, 0.1) is 6.92 Å². The molecule has 1 heterocycles. The van der Waals surface area contributed by atoms with Crippen LogP contribution in [0.4, 0.5) is 0 Å². The van der Waals surface area contributed by atoms with Gasteiger partial charge in [-0.25, -0.2) is 4.68 Å². The maximum atomic E-state index is 5.60. The zero-order valence-corrected chi connectivity index (χ0v) is 9.64. The topological polar surface area (TPSA) is 56.7 Å². The molecule has 84 valence electrons. The molecule has 16 heavy (non-hydrogen) atoms. The van der Waals surface area contributed by atoms with Crippen molar-refractivity contribution in [3.05, 3.63) is 41.2 Å². The molecule has 0 saturated heterocycles. The van der Waals surface area contributed by atoms with Crippen LogP contribution in [0.2, 0.25) is 0 Å². The Morgan fingerprint density at radius 1 is 1.31 bits per heavy atom. The van der Waals surface area contributed by atoms with E-state index in [-0.39, 0.29) is 0 Å². The third kappa shape index (κ3) is 1.72. The molecular weight excluding hydrogens is 200 g/mol. The standard InChI is InChI=1S/C12H16N4/c1-3-10-6-4-5-7-12(10)16-9(2)11(8-13)14-15-16/h4-7H,3,8,13H2,1-2H3. The molecule has 0 amide bonds. The summed E-state index contributed by atoms with van der Waals surface area (Å²) in [6, 6.07) is 8.22. The molecule has 4 heteroatoms. The van der Waals surface area contributed by atoms with E-state index in [1.54, 1.807) is 0 Å². The van der Waals surface area contributed by atoms with Gasteiger partial charge in [-0.3, -0.25) is 0 Å². The molecule has 4 nitrogen and oxygen atoms in total. The number of aromatic nitrogens is 3. The first-order valence-corrected chi connectivity index (χ1v) is 5.47. The lowest BCUT2D eigenvalue weighted by Gasteiger charge is -2.08. The highest BCUT2D eigenvalue weighted by atomic mass is 15.4. The van der Waals surface area contributed by atoms with Gasteiger partial charge >= 0.3 is 0 Å². The van der Waals surface area contributed by atoms with Gasteiger partial charge in [0.25, 0.3) is 0 Å². The van der Waals surface area contributed by atoms with Crippen molar-refractivity contribution in [2.24, 2.45) is 5.73 Å². The Kier molecular flexibility index (Phi) is 3.01. The maximum absolute atomic E-state index is 5.60. The van der Waals surface area contributed by atoms with Gasteiger partial charge < -0.3 is 5.73 Å². The van der Waals surface area contributed by atoms with E-state index in [2.05, 4.69) is 29.4 Å². The zero-order valence-electron chi connectivity index (χ0n) is 9.64. The average molecular weight is 216 g/mol. The van der Waals surface area contributed by atoms with Gasteiger partial charge in [-0.15, -0.1) is 5.10 Å². The highest BCUT2D eigenvalue weighted by molar-refractivity contribution is 5.41. The molecule has 0 unspecified atom stereocenters. The van der Waals surface area contributed by atoms with Crippen molar-refractivity contribution in [3.8, 4) is 5.69 Å². The fraction of sp³-hybridized carbons (Fsp3) is 0.333. The van der Waals surface area contributed by atoms with Crippen molar-refractivity contribution < 1.29 is 0 Å². The van der Waals surface area contributed by atoms with E-state index in [1.807, 2.05) is 23.7 Å². The predicted molar refractivity (Wildman–Crippen MR) is 63.4 cm³/mol. The molecule has 0 aliphatic carbocycles. The van der Waals surface area contributed by atoms with Crippen molar-refractivity contribution in [2.45, 2.75) is 26.8 Å². The first kappa shape index (κ1) is 10.8. The van der Waals surface area contributed by atoms with Crippen LogP contribution in [0.25, 0.3) is 5.69 Å². The first-order valence-electron chi connectivity index (χ1n) is 5.47. The van der Waals surface area contributed by atoms with E-state index in [0.29, 0.717) is 6.54 Å². The summed E-state index contributed by atoms with van der Waals surface area (Å²) in [5.74, 6) is 0. The summed E-state index contributed by atoms with van der Waals surface area (Å²) in [5.41, 5.74) is 9.82. The van der Waals surface area contributed by atoms with Crippen molar-refractivity contribution in [1.82, 2.24) is 15.0 Å². The highest BCUT2D eigenvalue weighted by Crippen LogP contribution is 2.16. The molecule has 0 atom stereocenters. The molecule has 0 spiro atoms. The van der Waals surface area contributed by atoms with Crippen molar-refractivity contribution in [3.63, 3.8) is 0 Å². The Labute approximate surface area is 95.1 Å². The van der Waals surface area contributed by atoms with Gasteiger partial charge in [0.15, 0.2) is 0 Å². The monoisotopic (exact) mass is 216 g/mol. The fourth-order valence-electron chi connectivity index (χ4n) is 1.79. The minimum absolute atomic E-state index is 0.431. The molecule has 0 aliphatic heterocycles. The van der Waals surface area contributed by atoms with Crippen LogP contribution in [0.3, 0.4) is 0 Å². The summed E-state index contributed by atoms with van der Waals surface area (Å²) in [5, 5.41) is 8.23. The summed E-state index contributed by atoms with van der Waals surface area (Å²) in [6.45, 7) is 4.56. The molecule has 1 aromatic heterocycles. The van der Waals surface area contributed by atoms with Crippen LogP contribution in [-0.2, 0) is 13.0 Å². The minimum Gasteiger partial charge on any atom is -0.325 e. The maximum Gasteiger partial charge on any atom is 0.0996 e. The Bertz CT molecular complexity index is 488. The second kappa shape index (κ2) is 4.45. The van der Waals surface area contributed by atoms with Crippen LogP contribution in [0.15, 0.2) is 24.3 Å². The van der Waals surface area contributed by atoms with E-state index in [0.717, 1.165) is 23.5 Å². The van der Waals surface area contributed by atoms with Gasteiger partial charge in [0.05, 0.1) is 17.1 Å². The Morgan fingerprint density at radius 3 is 2.69 bits per heavy atom. The quantitative estimate of drug-likeness (QED) is 0.847. The van der Waals surface area contributed by atoms with Gasteiger partial charge in [0.2, 0.25) is 0 Å². The summed E-state index contributed by atoms with van der Waals surface area (Å²) >= 11 is 0. The number of rotatable bonds is 3. The second-order valence-electron chi connectivity index (χ2n) is 3.72. The van der Waals surface area contributed by atoms with E-state index in [1.165, 1.54) is 5.56 Å². The van der Waals surface area contributed by atoms with Gasteiger partial charge in [0.1, 0.15) is 0 Å². The first-order chi connectivity index (χ1) is 7.77. The average Bonchev–Trinajstić information content (AvgIpc) is 2.70. The van der Waals surface area contributed by atoms with Crippen LogP contribution >= 0.6 is 0 Å². The van der Waals surface area contributed by atoms with E-state index >= 15 is 0 Å². The summed E-state index contributed by atoms with van der Waals surface area (Å²) in [4.78, 5) is 0. The number of benzene rings is 1. The van der Waals surface area contributed by atoms with Crippen LogP contribution in [0.5, 0.6) is 0 Å². The number of hydrogen-bond donors (Lipinski definition) is 1. The fourth-order valence-corrected chi connectivity index (χ4v) is 1.79. The summed E-state index contributed by atoms with van der Waals surface area (Å²) < 4.78 is 1.86. The number of nitrogens with zero attached hydrogens (tertiary/aromatic N) is 3. The number of nitrogens with two attached hydrogens (primary N) is 1. The molecule has 0 saturated carbocycles. The number of para-hydroxylation sites is 1. The lowest BCUT2D eigenvalue weighted by Crippen LogP contribution is -2.04. The molecule has 0 bridgehead atoms. The molecule has 2 rings (SSSR count). The Hall–Kier alpha value is -1.68. The molecule has 2 N–H and O–H groups in total. The van der Waals surface area contributed by atoms with E-state index in [9.17, 15) is 0 Å². The molecule has 0 aliphatic rings. The van der Waals surface area contributed by atoms with Crippen molar-refractivity contribution in [2.75, 3.05) is 0 Å². The van der Waals surface area contributed by atoms with Gasteiger partial charge in [0, 0.05) is 6.54 Å². The van der Waals surface area contributed by atoms with E-state index in [4.69, 9.17) is 5.73 Å². The number of hydrogen-bond acceptors (Lipinski definition) is 3. The minimum atomic E-state index is 0.431. The SMILES string of the molecule is CCc1ccccc1-n1nnc(CN)c1C. The Morgan fingerprint density at radius 2 is 2.06 bits per heavy atom. The highest BCUT2D eigenvalue weighted by Gasteiger charge is 2.10. The lowest BCUT2D eigenvalue weighted by atomic mass is 10.1. The van der Waals surface area contributed by atoms with Crippen molar-refractivity contribution in [1.29, 1.82) is 0 Å². The summed E-state index contributed by atoms with van der Waals surface area (Å²) in [6.07, 6.45) is 0.980. The predicted octanol–water partition coefficient (Wildman–Crippen LogP) is 1.60. The third-order valence-electron chi connectivity index (χ3n) is 2.78. The molecular formula is C12H16N4. The van der Waals surface area contributed by atoms with Crippen LogP contribution in [0.1, 0.15) is 23.9 Å². The van der Waals surface area contributed by atoms with E-state index < -0.39 is 0 Å². The zero-order chi connectivity index (χ0) is 11.5. The summed E-state index contributed by atoms with van der Waals surface area (Å²) in [7, 11) is 0. The van der Waals surface area contributed by atoms with Gasteiger partial charge in [-0.05, 0) is 25.0 Å². The number of aryl methyl sites for hydroxylation is 1. The smallest absolute Gasteiger partial charge is 0.0996 e. The third-order valence-corrected chi connectivity index (χ3v) is 2.78. The van der Waals surface area contributed by atoms with Gasteiger partial charge in [-0.2, -0.15) is 0 Å². The van der Waals surface area contributed by atoms with Gasteiger partial charge in [-0.1, -0.05) is 30.3 Å². The molecule has 2 aromatic rings. The molecule has 0 radical (unpaired) electrons.